The first-order valence-electron chi connectivity index (χ1n) is 18.7. The Labute approximate surface area is 306 Å². The van der Waals surface area contributed by atoms with Crippen molar-refractivity contribution in [2.45, 2.75) is 68.4 Å². The van der Waals surface area contributed by atoms with Gasteiger partial charge in [-0.1, -0.05) is 110 Å². The van der Waals surface area contributed by atoms with Crippen molar-refractivity contribution in [3.63, 3.8) is 0 Å². The number of carbonyl (C=O) groups is 3. The predicted octanol–water partition coefficient (Wildman–Crippen LogP) is 6.89. The van der Waals surface area contributed by atoms with Crippen LogP contribution < -0.4 is 0 Å². The molecule has 0 aromatic heterocycles. The summed E-state index contributed by atoms with van der Waals surface area (Å²) in [4.78, 5) is 50.4. The van der Waals surface area contributed by atoms with Gasteiger partial charge in [0.15, 0.2) is 0 Å². The van der Waals surface area contributed by atoms with E-state index in [1.807, 2.05) is 95.9 Å². The summed E-state index contributed by atoms with van der Waals surface area (Å²) in [5.74, 6) is 1.65. The van der Waals surface area contributed by atoms with Crippen molar-refractivity contribution in [2.24, 2.45) is 5.92 Å². The second-order valence-corrected chi connectivity index (χ2v) is 15.4. The van der Waals surface area contributed by atoms with Crippen molar-refractivity contribution >= 4 is 35.7 Å². The van der Waals surface area contributed by atoms with Crippen LogP contribution in [-0.2, 0) is 20.1 Å². The van der Waals surface area contributed by atoms with Gasteiger partial charge in [0.2, 0.25) is 11.8 Å². The SMILES string of the molecule is O=C(C(CSCc1ccccc1)N1C(=O)C(N2C(=O)OCC2c2ccccc2)[C@H]1/C=C/c1ccccc1)N1CCC(CCN2CCCCC2)CC1. The Balaban J connectivity index is 1.12. The molecule has 0 bridgehead atoms. The fourth-order valence-corrected chi connectivity index (χ4v) is 9.21. The number of hydrogen-bond acceptors (Lipinski definition) is 6. The Bertz CT molecular complexity index is 1630. The van der Waals surface area contributed by atoms with Crippen molar-refractivity contribution in [1.82, 2.24) is 19.6 Å². The molecule has 3 aromatic rings. The van der Waals surface area contributed by atoms with Gasteiger partial charge in [0, 0.05) is 24.6 Å². The lowest BCUT2D eigenvalue weighted by Gasteiger charge is -2.53. The van der Waals surface area contributed by atoms with Crippen LogP contribution in [-0.4, -0.2) is 101 Å². The molecule has 9 heteroatoms. The van der Waals surface area contributed by atoms with E-state index in [-0.39, 0.29) is 24.5 Å². The highest BCUT2D eigenvalue weighted by Crippen LogP contribution is 2.39. The van der Waals surface area contributed by atoms with Crippen LogP contribution in [0.25, 0.3) is 6.08 Å². The van der Waals surface area contributed by atoms with Crippen LogP contribution in [0.5, 0.6) is 0 Å². The number of β-lactam (4-membered cyclic amide) rings is 1. The van der Waals surface area contributed by atoms with Crippen LogP contribution >= 0.6 is 11.8 Å². The minimum absolute atomic E-state index is 0.0126. The standard InChI is InChI=1S/C42H50N4O4S/c47-40(44-27-22-33(23-28-44)21-26-43-24-11-4-12-25-43)38(31-51-30-34-15-7-2-8-16-34)45-36(20-19-32-13-5-1-6-14-32)39(41(45)48)46-37(29-50-42(46)49)35-17-9-3-10-18-35/h1-3,5-10,13-20,33,36-39H,4,11-12,21-31H2/b20-19+/t36-,37?,38?,39?/m1/s1. The average molecular weight is 707 g/mol. The van der Waals surface area contributed by atoms with E-state index in [0.717, 1.165) is 36.3 Å². The van der Waals surface area contributed by atoms with Crippen molar-refractivity contribution in [3.05, 3.63) is 114 Å². The second-order valence-electron chi connectivity index (χ2n) is 14.3. The van der Waals surface area contributed by atoms with Gasteiger partial charge >= 0.3 is 6.09 Å². The number of amides is 3. The summed E-state index contributed by atoms with van der Waals surface area (Å²) in [6, 6.07) is 27.7. The summed E-state index contributed by atoms with van der Waals surface area (Å²) in [5, 5.41) is 0. The highest BCUT2D eigenvalue weighted by Gasteiger charge is 2.58. The molecule has 0 N–H and O–H groups in total. The minimum atomic E-state index is -0.764. The molecule has 268 valence electrons. The lowest BCUT2D eigenvalue weighted by atomic mass is 9.88. The van der Waals surface area contributed by atoms with Gasteiger partial charge in [-0.15, -0.1) is 0 Å². The van der Waals surface area contributed by atoms with Gasteiger partial charge in [0.25, 0.3) is 0 Å². The zero-order valence-electron chi connectivity index (χ0n) is 29.4. The Morgan fingerprint density at radius 2 is 1.51 bits per heavy atom. The largest absolute Gasteiger partial charge is 0.447 e. The van der Waals surface area contributed by atoms with E-state index < -0.39 is 24.2 Å². The maximum Gasteiger partial charge on any atom is 0.411 e. The number of likely N-dealkylation sites (tertiary alicyclic amines) is 3. The van der Waals surface area contributed by atoms with E-state index in [1.165, 1.54) is 44.3 Å². The molecule has 3 aromatic carbocycles. The number of hydrogen-bond donors (Lipinski definition) is 0. The first-order chi connectivity index (χ1) is 25.1. The molecule has 4 fully saturated rings. The van der Waals surface area contributed by atoms with E-state index in [1.54, 1.807) is 21.6 Å². The maximum absolute atomic E-state index is 14.6. The molecule has 0 spiro atoms. The van der Waals surface area contributed by atoms with E-state index in [2.05, 4.69) is 17.0 Å². The van der Waals surface area contributed by atoms with Crippen LogP contribution in [0.2, 0.25) is 0 Å². The van der Waals surface area contributed by atoms with Gasteiger partial charge < -0.3 is 19.4 Å². The number of ether oxygens (including phenoxy) is 1. The Hall–Kier alpha value is -4.08. The normalized spacial score (nSPS) is 23.8. The number of nitrogens with zero attached hydrogens (tertiary/aromatic N) is 4. The Kier molecular flexibility index (Phi) is 11.7. The van der Waals surface area contributed by atoms with E-state index >= 15 is 0 Å². The maximum atomic E-state index is 14.6. The molecule has 51 heavy (non-hydrogen) atoms. The molecule has 4 heterocycles. The number of piperidine rings is 2. The van der Waals surface area contributed by atoms with Crippen molar-refractivity contribution < 1.29 is 19.1 Å². The molecule has 3 unspecified atom stereocenters. The third kappa shape index (κ3) is 8.36. The monoisotopic (exact) mass is 706 g/mol. The van der Waals surface area contributed by atoms with E-state index in [4.69, 9.17) is 4.74 Å². The zero-order chi connectivity index (χ0) is 35.0. The molecule has 0 saturated carbocycles. The summed E-state index contributed by atoms with van der Waals surface area (Å²) in [7, 11) is 0. The third-order valence-electron chi connectivity index (χ3n) is 11.1. The van der Waals surface area contributed by atoms with Crippen molar-refractivity contribution in [1.29, 1.82) is 0 Å². The molecule has 4 atom stereocenters. The quantitative estimate of drug-likeness (QED) is 0.181. The molecule has 8 nitrogen and oxygen atoms in total. The topological polar surface area (TPSA) is 73.4 Å². The molecular formula is C42H50N4O4S. The highest BCUT2D eigenvalue weighted by atomic mass is 32.2. The summed E-state index contributed by atoms with van der Waals surface area (Å²) < 4.78 is 5.58. The first-order valence-corrected chi connectivity index (χ1v) is 19.9. The molecule has 4 aliphatic rings. The zero-order valence-corrected chi connectivity index (χ0v) is 30.2. The second kappa shape index (κ2) is 17.0. The summed E-state index contributed by atoms with van der Waals surface area (Å²) in [6.45, 7) is 5.20. The van der Waals surface area contributed by atoms with Crippen LogP contribution in [0, 0.1) is 5.92 Å². The van der Waals surface area contributed by atoms with E-state index in [0.29, 0.717) is 24.8 Å². The smallest absolute Gasteiger partial charge is 0.411 e. The van der Waals surface area contributed by atoms with Crippen LogP contribution in [0.1, 0.15) is 61.3 Å². The number of benzene rings is 3. The van der Waals surface area contributed by atoms with Crippen LogP contribution in [0.4, 0.5) is 4.79 Å². The predicted molar refractivity (Wildman–Crippen MR) is 203 cm³/mol. The van der Waals surface area contributed by atoms with E-state index in [9.17, 15) is 14.4 Å². The molecule has 0 radical (unpaired) electrons. The minimum Gasteiger partial charge on any atom is -0.447 e. The Morgan fingerprint density at radius 1 is 0.843 bits per heavy atom. The molecule has 7 rings (SSSR count). The molecule has 4 aliphatic heterocycles. The molecule has 0 aliphatic carbocycles. The number of thioether (sulfide) groups is 1. The molecule has 3 amide bonds. The molecular weight excluding hydrogens is 657 g/mol. The van der Waals surface area contributed by atoms with Gasteiger partial charge in [-0.25, -0.2) is 4.79 Å². The number of carbonyl (C=O) groups excluding carboxylic acids is 3. The summed E-state index contributed by atoms with van der Waals surface area (Å²) in [5.41, 5.74) is 3.10. The van der Waals surface area contributed by atoms with Crippen molar-refractivity contribution in [2.75, 3.05) is 45.1 Å². The summed E-state index contributed by atoms with van der Waals surface area (Å²) in [6.07, 6.45) is 10.7. The lowest BCUT2D eigenvalue weighted by molar-refractivity contribution is -0.164. The fourth-order valence-electron chi connectivity index (χ4n) is 8.14. The van der Waals surface area contributed by atoms with Crippen LogP contribution in [0.3, 0.4) is 0 Å². The number of rotatable bonds is 13. The molecule has 4 saturated heterocycles. The Morgan fingerprint density at radius 3 is 2.22 bits per heavy atom. The fraction of sp³-hybridized carbons (Fsp3) is 0.452. The van der Waals surface area contributed by atoms with Gasteiger partial charge in [-0.05, 0) is 74.3 Å². The average Bonchev–Trinajstić information content (AvgIpc) is 3.56. The first kappa shape index (κ1) is 35.3. The van der Waals surface area contributed by atoms with Gasteiger partial charge in [-0.3, -0.25) is 14.5 Å². The van der Waals surface area contributed by atoms with Gasteiger partial charge in [0.05, 0.1) is 12.1 Å². The van der Waals surface area contributed by atoms with Crippen LogP contribution in [0.15, 0.2) is 97.1 Å². The number of cyclic esters (lactones) is 1. The summed E-state index contributed by atoms with van der Waals surface area (Å²) >= 11 is 1.68. The van der Waals surface area contributed by atoms with Gasteiger partial charge in [0.1, 0.15) is 18.7 Å². The van der Waals surface area contributed by atoms with Gasteiger partial charge in [-0.2, -0.15) is 11.8 Å². The highest BCUT2D eigenvalue weighted by molar-refractivity contribution is 7.98. The third-order valence-corrected chi connectivity index (χ3v) is 12.2. The van der Waals surface area contributed by atoms with Crippen molar-refractivity contribution in [3.8, 4) is 0 Å². The lowest BCUT2D eigenvalue weighted by Crippen LogP contribution is -2.74.